The SMILES string of the molecule is CCNC(=NCCc1ccco1)NCCNC(=O)Cc1cccc(F)c1. The molecule has 1 aromatic carbocycles. The first-order valence-electron chi connectivity index (χ1n) is 8.73. The van der Waals surface area contributed by atoms with Gasteiger partial charge >= 0.3 is 0 Å². The molecule has 0 radical (unpaired) electrons. The number of benzene rings is 1. The summed E-state index contributed by atoms with van der Waals surface area (Å²) in [5.74, 6) is 1.11. The van der Waals surface area contributed by atoms with Crippen molar-refractivity contribution in [2.24, 2.45) is 4.99 Å². The van der Waals surface area contributed by atoms with Gasteiger partial charge in [0.1, 0.15) is 11.6 Å². The van der Waals surface area contributed by atoms with Crippen molar-refractivity contribution in [3.63, 3.8) is 0 Å². The zero-order chi connectivity index (χ0) is 18.6. The molecule has 3 N–H and O–H groups in total. The minimum Gasteiger partial charge on any atom is -0.469 e. The number of guanidine groups is 1. The summed E-state index contributed by atoms with van der Waals surface area (Å²) in [7, 11) is 0. The number of carbonyl (C=O) groups excluding carboxylic acids is 1. The maximum Gasteiger partial charge on any atom is 0.224 e. The molecule has 2 aromatic rings. The first kappa shape index (κ1) is 19.5. The fraction of sp³-hybridized carbons (Fsp3) is 0.368. The van der Waals surface area contributed by atoms with Crippen molar-refractivity contribution >= 4 is 11.9 Å². The van der Waals surface area contributed by atoms with E-state index in [1.807, 2.05) is 19.1 Å². The normalized spacial score (nSPS) is 11.2. The predicted octanol–water partition coefficient (Wildman–Crippen LogP) is 1.88. The van der Waals surface area contributed by atoms with Crippen LogP contribution in [0.3, 0.4) is 0 Å². The van der Waals surface area contributed by atoms with Crippen LogP contribution in [0, 0.1) is 5.82 Å². The lowest BCUT2D eigenvalue weighted by Gasteiger charge is -2.12. The molecule has 0 fully saturated rings. The maximum atomic E-state index is 13.1. The summed E-state index contributed by atoms with van der Waals surface area (Å²) in [5.41, 5.74) is 0.656. The van der Waals surface area contributed by atoms with Crippen molar-refractivity contribution < 1.29 is 13.6 Å². The summed E-state index contributed by atoms with van der Waals surface area (Å²) in [6.07, 6.45) is 2.54. The Hall–Kier alpha value is -2.83. The summed E-state index contributed by atoms with van der Waals surface area (Å²) in [6, 6.07) is 9.84. The van der Waals surface area contributed by atoms with Crippen molar-refractivity contribution in [3.8, 4) is 0 Å². The van der Waals surface area contributed by atoms with Gasteiger partial charge in [0.15, 0.2) is 5.96 Å². The standard InChI is InChI=1S/C19H25FN4O2/c1-2-21-19(23-9-8-17-7-4-12-26-17)24-11-10-22-18(25)14-15-5-3-6-16(20)13-15/h3-7,12-13H,2,8-11,14H2,1H3,(H,22,25)(H2,21,23,24). The molecule has 0 unspecified atom stereocenters. The van der Waals surface area contributed by atoms with Crippen molar-refractivity contribution in [2.75, 3.05) is 26.2 Å². The summed E-state index contributed by atoms with van der Waals surface area (Å²) < 4.78 is 18.4. The molecular formula is C19H25FN4O2. The van der Waals surface area contributed by atoms with Crippen LogP contribution >= 0.6 is 0 Å². The van der Waals surface area contributed by atoms with Gasteiger partial charge in [0.2, 0.25) is 5.91 Å². The van der Waals surface area contributed by atoms with E-state index in [-0.39, 0.29) is 18.1 Å². The predicted molar refractivity (Wildman–Crippen MR) is 99.5 cm³/mol. The van der Waals surface area contributed by atoms with Gasteiger partial charge in [-0.15, -0.1) is 0 Å². The molecule has 1 amide bonds. The molecule has 0 atom stereocenters. The largest absolute Gasteiger partial charge is 0.469 e. The monoisotopic (exact) mass is 360 g/mol. The lowest BCUT2D eigenvalue weighted by molar-refractivity contribution is -0.120. The van der Waals surface area contributed by atoms with E-state index in [1.54, 1.807) is 18.4 Å². The lowest BCUT2D eigenvalue weighted by Crippen LogP contribution is -2.41. The molecule has 0 saturated carbocycles. The Labute approximate surface area is 152 Å². The molecule has 140 valence electrons. The molecule has 0 aliphatic heterocycles. The van der Waals surface area contributed by atoms with E-state index < -0.39 is 0 Å². The molecule has 2 rings (SSSR count). The average Bonchev–Trinajstić information content (AvgIpc) is 3.12. The van der Waals surface area contributed by atoms with Gasteiger partial charge < -0.3 is 20.4 Å². The lowest BCUT2D eigenvalue weighted by atomic mass is 10.1. The van der Waals surface area contributed by atoms with Crippen LogP contribution in [0.25, 0.3) is 0 Å². The zero-order valence-electron chi connectivity index (χ0n) is 14.9. The minimum atomic E-state index is -0.335. The molecule has 0 aliphatic carbocycles. The van der Waals surface area contributed by atoms with Gasteiger partial charge in [0.25, 0.3) is 0 Å². The number of nitrogens with one attached hydrogen (secondary N) is 3. The number of hydrogen-bond acceptors (Lipinski definition) is 3. The topological polar surface area (TPSA) is 78.7 Å². The molecule has 0 aliphatic rings. The second-order valence-electron chi connectivity index (χ2n) is 5.67. The Morgan fingerprint density at radius 3 is 2.73 bits per heavy atom. The molecule has 0 spiro atoms. The van der Waals surface area contributed by atoms with Crippen molar-refractivity contribution in [1.82, 2.24) is 16.0 Å². The van der Waals surface area contributed by atoms with Crippen LogP contribution in [0.15, 0.2) is 52.1 Å². The Bertz CT molecular complexity index is 701. The first-order valence-corrected chi connectivity index (χ1v) is 8.73. The highest BCUT2D eigenvalue weighted by Gasteiger charge is 2.04. The second kappa shape index (κ2) is 10.9. The van der Waals surface area contributed by atoms with E-state index >= 15 is 0 Å². The molecule has 1 heterocycles. The summed E-state index contributed by atoms with van der Waals surface area (Å²) in [6.45, 7) is 4.34. The van der Waals surface area contributed by atoms with Crippen LogP contribution in [0.5, 0.6) is 0 Å². The number of nitrogens with zero attached hydrogens (tertiary/aromatic N) is 1. The second-order valence-corrected chi connectivity index (χ2v) is 5.67. The Morgan fingerprint density at radius 1 is 1.15 bits per heavy atom. The van der Waals surface area contributed by atoms with Gasteiger partial charge in [0, 0.05) is 32.6 Å². The maximum absolute atomic E-state index is 13.1. The van der Waals surface area contributed by atoms with E-state index in [1.165, 1.54) is 12.1 Å². The summed E-state index contributed by atoms with van der Waals surface area (Å²) >= 11 is 0. The van der Waals surface area contributed by atoms with Crippen LogP contribution < -0.4 is 16.0 Å². The molecule has 7 heteroatoms. The van der Waals surface area contributed by atoms with Crippen LogP contribution in [0.2, 0.25) is 0 Å². The number of halogens is 1. The van der Waals surface area contributed by atoms with E-state index in [9.17, 15) is 9.18 Å². The van der Waals surface area contributed by atoms with Gasteiger partial charge in [0.05, 0.1) is 12.7 Å². The average molecular weight is 360 g/mol. The van der Waals surface area contributed by atoms with E-state index in [0.717, 1.165) is 18.7 Å². The molecule has 1 aromatic heterocycles. The number of aliphatic imine (C=N–C) groups is 1. The number of rotatable bonds is 9. The third kappa shape index (κ3) is 7.38. The molecule has 6 nitrogen and oxygen atoms in total. The third-order valence-corrected chi connectivity index (χ3v) is 3.55. The fourth-order valence-corrected chi connectivity index (χ4v) is 2.35. The van der Waals surface area contributed by atoms with Crippen LogP contribution in [0.1, 0.15) is 18.2 Å². The van der Waals surface area contributed by atoms with Crippen LogP contribution in [-0.2, 0) is 17.6 Å². The van der Waals surface area contributed by atoms with Crippen molar-refractivity contribution in [1.29, 1.82) is 0 Å². The van der Waals surface area contributed by atoms with Gasteiger partial charge in [-0.25, -0.2) is 4.39 Å². The Morgan fingerprint density at radius 2 is 2.00 bits per heavy atom. The van der Waals surface area contributed by atoms with E-state index in [0.29, 0.717) is 31.2 Å². The Kier molecular flexibility index (Phi) is 8.18. The summed E-state index contributed by atoms with van der Waals surface area (Å²) in [4.78, 5) is 16.3. The highest BCUT2D eigenvalue weighted by atomic mass is 19.1. The van der Waals surface area contributed by atoms with Crippen LogP contribution in [0.4, 0.5) is 4.39 Å². The third-order valence-electron chi connectivity index (χ3n) is 3.55. The van der Waals surface area contributed by atoms with Crippen molar-refractivity contribution in [2.45, 2.75) is 19.8 Å². The van der Waals surface area contributed by atoms with E-state index in [4.69, 9.17) is 4.42 Å². The summed E-state index contributed by atoms with van der Waals surface area (Å²) in [5, 5.41) is 9.12. The molecule has 26 heavy (non-hydrogen) atoms. The quantitative estimate of drug-likeness (QED) is 0.362. The number of amides is 1. The van der Waals surface area contributed by atoms with Gasteiger partial charge in [-0.05, 0) is 36.8 Å². The zero-order valence-corrected chi connectivity index (χ0v) is 14.9. The highest BCUT2D eigenvalue weighted by Crippen LogP contribution is 2.04. The fourth-order valence-electron chi connectivity index (χ4n) is 2.35. The molecule has 0 bridgehead atoms. The Balaban J connectivity index is 1.67. The molecular weight excluding hydrogens is 335 g/mol. The van der Waals surface area contributed by atoms with Crippen molar-refractivity contribution in [3.05, 3.63) is 59.8 Å². The minimum absolute atomic E-state index is 0.142. The van der Waals surface area contributed by atoms with Gasteiger partial charge in [-0.1, -0.05) is 12.1 Å². The number of hydrogen-bond donors (Lipinski definition) is 3. The van der Waals surface area contributed by atoms with Gasteiger partial charge in [-0.2, -0.15) is 0 Å². The number of furan rings is 1. The highest BCUT2D eigenvalue weighted by molar-refractivity contribution is 5.80. The van der Waals surface area contributed by atoms with Gasteiger partial charge in [-0.3, -0.25) is 9.79 Å². The van der Waals surface area contributed by atoms with Crippen LogP contribution in [-0.4, -0.2) is 38.0 Å². The first-order chi connectivity index (χ1) is 12.7. The smallest absolute Gasteiger partial charge is 0.224 e. The molecule has 0 saturated heterocycles. The van der Waals surface area contributed by atoms with E-state index in [2.05, 4.69) is 20.9 Å². The number of carbonyl (C=O) groups is 1.